The third-order valence-electron chi connectivity index (χ3n) is 4.98. The summed E-state index contributed by atoms with van der Waals surface area (Å²) in [5.74, 6) is 0.518. The van der Waals surface area contributed by atoms with Crippen LogP contribution in [0.2, 0.25) is 5.02 Å². The predicted molar refractivity (Wildman–Crippen MR) is 127 cm³/mol. The highest BCUT2D eigenvalue weighted by atomic mass is 35.5. The van der Waals surface area contributed by atoms with Crippen LogP contribution in [-0.4, -0.2) is 34.6 Å². The minimum Gasteiger partial charge on any atom is -0.496 e. The molecule has 0 aliphatic heterocycles. The summed E-state index contributed by atoms with van der Waals surface area (Å²) in [6.07, 6.45) is 0.168. The van der Waals surface area contributed by atoms with E-state index in [1.807, 2.05) is 48.5 Å². The minimum atomic E-state index is -4.04. The van der Waals surface area contributed by atoms with E-state index in [-0.39, 0.29) is 22.9 Å². The molecule has 1 atom stereocenters. The van der Waals surface area contributed by atoms with E-state index in [1.165, 1.54) is 25.3 Å². The maximum atomic E-state index is 13.1. The molecule has 0 aliphatic rings. The first-order valence-electron chi connectivity index (χ1n) is 10.1. The van der Waals surface area contributed by atoms with Gasteiger partial charge >= 0.3 is 0 Å². The standard InChI is InChI=1S/C24H25ClN2O5S/c1-31-22-11-7-6-10-18(22)16-26-24(28)21(14-17-8-4-3-5-9-17)27-33(29,30)19-12-13-23(32-2)20(25)15-19/h3-13,15,21,27H,14,16H2,1-2H3,(H,26,28). The Morgan fingerprint density at radius 3 is 2.27 bits per heavy atom. The maximum Gasteiger partial charge on any atom is 0.241 e. The second kappa shape index (κ2) is 11.2. The van der Waals surface area contributed by atoms with Crippen molar-refractivity contribution in [1.29, 1.82) is 0 Å². The summed E-state index contributed by atoms with van der Waals surface area (Å²) in [5, 5.41) is 2.96. The topological polar surface area (TPSA) is 93.7 Å². The summed E-state index contributed by atoms with van der Waals surface area (Å²) >= 11 is 6.10. The lowest BCUT2D eigenvalue weighted by Gasteiger charge is -2.19. The van der Waals surface area contributed by atoms with E-state index < -0.39 is 22.0 Å². The molecule has 3 rings (SSSR count). The molecule has 0 saturated carbocycles. The fourth-order valence-electron chi connectivity index (χ4n) is 3.26. The smallest absolute Gasteiger partial charge is 0.241 e. The van der Waals surface area contributed by atoms with Gasteiger partial charge in [0.15, 0.2) is 0 Å². The Morgan fingerprint density at radius 2 is 1.61 bits per heavy atom. The van der Waals surface area contributed by atoms with Gasteiger partial charge in [-0.25, -0.2) is 8.42 Å². The van der Waals surface area contributed by atoms with Crippen molar-refractivity contribution < 1.29 is 22.7 Å². The second-order valence-corrected chi connectivity index (χ2v) is 9.31. The fraction of sp³-hybridized carbons (Fsp3) is 0.208. The van der Waals surface area contributed by atoms with E-state index in [2.05, 4.69) is 10.0 Å². The first kappa shape index (κ1) is 24.6. The van der Waals surface area contributed by atoms with Gasteiger partial charge in [-0.15, -0.1) is 0 Å². The van der Waals surface area contributed by atoms with E-state index in [9.17, 15) is 13.2 Å². The molecule has 0 saturated heterocycles. The highest BCUT2D eigenvalue weighted by Crippen LogP contribution is 2.27. The highest BCUT2D eigenvalue weighted by molar-refractivity contribution is 7.89. The SMILES string of the molecule is COc1ccc(S(=O)(=O)NC(Cc2ccccc2)C(=O)NCc2ccccc2OC)cc1Cl. The molecule has 0 aliphatic carbocycles. The normalized spacial score (nSPS) is 12.1. The molecule has 1 amide bonds. The van der Waals surface area contributed by atoms with Crippen molar-refractivity contribution in [2.24, 2.45) is 0 Å². The summed E-state index contributed by atoms with van der Waals surface area (Å²) < 4.78 is 39.0. The lowest BCUT2D eigenvalue weighted by Crippen LogP contribution is -2.47. The number of rotatable bonds is 10. The van der Waals surface area contributed by atoms with Gasteiger partial charge < -0.3 is 14.8 Å². The van der Waals surface area contributed by atoms with Crippen LogP contribution in [0, 0.1) is 0 Å². The molecule has 0 aromatic heterocycles. The van der Waals surface area contributed by atoms with Crippen LogP contribution in [0.5, 0.6) is 11.5 Å². The molecule has 0 fully saturated rings. The molecule has 3 aromatic carbocycles. The van der Waals surface area contributed by atoms with Gasteiger partial charge in [-0.2, -0.15) is 4.72 Å². The monoisotopic (exact) mass is 488 g/mol. The Bertz CT molecular complexity index is 1200. The van der Waals surface area contributed by atoms with Crippen LogP contribution in [0.4, 0.5) is 0 Å². The summed E-state index contributed by atoms with van der Waals surface area (Å²) in [6, 6.07) is 19.5. The highest BCUT2D eigenvalue weighted by Gasteiger charge is 2.27. The van der Waals surface area contributed by atoms with Crippen LogP contribution in [0.25, 0.3) is 0 Å². The molecular formula is C24H25ClN2O5S. The van der Waals surface area contributed by atoms with Gasteiger partial charge in [0.1, 0.15) is 17.5 Å². The average Bonchev–Trinajstić information content (AvgIpc) is 2.82. The van der Waals surface area contributed by atoms with Gasteiger partial charge in [0, 0.05) is 12.1 Å². The number of nitrogens with one attached hydrogen (secondary N) is 2. The van der Waals surface area contributed by atoms with Crippen molar-refractivity contribution in [3.63, 3.8) is 0 Å². The number of carbonyl (C=O) groups is 1. The van der Waals surface area contributed by atoms with Crippen molar-refractivity contribution in [1.82, 2.24) is 10.0 Å². The van der Waals surface area contributed by atoms with E-state index in [0.717, 1.165) is 11.1 Å². The van der Waals surface area contributed by atoms with E-state index >= 15 is 0 Å². The number of hydrogen-bond donors (Lipinski definition) is 2. The van der Waals surface area contributed by atoms with Crippen molar-refractivity contribution in [2.75, 3.05) is 14.2 Å². The van der Waals surface area contributed by atoms with Gasteiger partial charge in [0.05, 0.1) is 24.1 Å². The molecule has 0 radical (unpaired) electrons. The van der Waals surface area contributed by atoms with Gasteiger partial charge in [-0.05, 0) is 36.2 Å². The molecule has 174 valence electrons. The van der Waals surface area contributed by atoms with Crippen LogP contribution < -0.4 is 19.5 Å². The number of hydrogen-bond acceptors (Lipinski definition) is 5. The zero-order chi connectivity index (χ0) is 23.8. The molecule has 7 nitrogen and oxygen atoms in total. The maximum absolute atomic E-state index is 13.1. The van der Waals surface area contributed by atoms with Crippen LogP contribution in [-0.2, 0) is 27.8 Å². The Labute approximate surface area is 198 Å². The van der Waals surface area contributed by atoms with Crippen LogP contribution in [0.15, 0.2) is 77.7 Å². The quantitative estimate of drug-likeness (QED) is 0.455. The number of halogens is 1. The lowest BCUT2D eigenvalue weighted by atomic mass is 10.1. The predicted octanol–water partition coefficient (Wildman–Crippen LogP) is 3.56. The number of para-hydroxylation sites is 1. The second-order valence-electron chi connectivity index (χ2n) is 7.19. The van der Waals surface area contributed by atoms with Crippen molar-refractivity contribution >= 4 is 27.5 Å². The van der Waals surface area contributed by atoms with E-state index in [0.29, 0.717) is 11.5 Å². The zero-order valence-corrected chi connectivity index (χ0v) is 19.8. The Hall–Kier alpha value is -3.07. The summed E-state index contributed by atoms with van der Waals surface area (Å²) in [5.41, 5.74) is 1.59. The number of ether oxygens (including phenoxy) is 2. The number of carbonyl (C=O) groups excluding carboxylic acids is 1. The first-order valence-corrected chi connectivity index (χ1v) is 12.0. The number of benzene rings is 3. The largest absolute Gasteiger partial charge is 0.496 e. The van der Waals surface area contributed by atoms with Gasteiger partial charge in [0.25, 0.3) is 0 Å². The summed E-state index contributed by atoms with van der Waals surface area (Å²) in [7, 11) is -1.05. The molecule has 33 heavy (non-hydrogen) atoms. The number of methoxy groups -OCH3 is 2. The first-order chi connectivity index (χ1) is 15.8. The van der Waals surface area contributed by atoms with Crippen molar-refractivity contribution in [3.8, 4) is 11.5 Å². The molecule has 0 bridgehead atoms. The van der Waals surface area contributed by atoms with Crippen LogP contribution in [0.3, 0.4) is 0 Å². The van der Waals surface area contributed by atoms with Crippen LogP contribution >= 0.6 is 11.6 Å². The fourth-order valence-corrected chi connectivity index (χ4v) is 4.81. The molecule has 1 unspecified atom stereocenters. The zero-order valence-electron chi connectivity index (χ0n) is 18.2. The summed E-state index contributed by atoms with van der Waals surface area (Å²) in [4.78, 5) is 13.0. The van der Waals surface area contributed by atoms with E-state index in [4.69, 9.17) is 21.1 Å². The average molecular weight is 489 g/mol. The molecule has 3 aromatic rings. The van der Waals surface area contributed by atoms with Crippen molar-refractivity contribution in [2.45, 2.75) is 23.9 Å². The number of sulfonamides is 1. The van der Waals surface area contributed by atoms with Crippen LogP contribution in [0.1, 0.15) is 11.1 Å². The van der Waals surface area contributed by atoms with Crippen molar-refractivity contribution in [3.05, 3.63) is 88.9 Å². The molecule has 9 heteroatoms. The van der Waals surface area contributed by atoms with E-state index in [1.54, 1.807) is 13.2 Å². The van der Waals surface area contributed by atoms with Gasteiger partial charge in [-0.1, -0.05) is 60.1 Å². The Balaban J connectivity index is 1.82. The Morgan fingerprint density at radius 1 is 0.939 bits per heavy atom. The third kappa shape index (κ3) is 6.47. The summed E-state index contributed by atoms with van der Waals surface area (Å²) in [6.45, 7) is 0.185. The number of amides is 1. The Kier molecular flexibility index (Phi) is 8.32. The molecule has 2 N–H and O–H groups in total. The lowest BCUT2D eigenvalue weighted by molar-refractivity contribution is -0.122. The minimum absolute atomic E-state index is 0.0658. The van der Waals surface area contributed by atoms with Gasteiger partial charge in [-0.3, -0.25) is 4.79 Å². The molecular weight excluding hydrogens is 464 g/mol. The third-order valence-corrected chi connectivity index (χ3v) is 6.74. The molecule has 0 heterocycles. The molecule has 0 spiro atoms. The van der Waals surface area contributed by atoms with Gasteiger partial charge in [0.2, 0.25) is 15.9 Å².